The lowest BCUT2D eigenvalue weighted by atomic mass is 10.0. The van der Waals surface area contributed by atoms with Crippen molar-refractivity contribution in [1.29, 1.82) is 0 Å². The second kappa shape index (κ2) is 7.83. The van der Waals surface area contributed by atoms with Crippen molar-refractivity contribution < 1.29 is 5.11 Å². The minimum absolute atomic E-state index is 0.267. The number of hydrogen-bond donors (Lipinski definition) is 1. The van der Waals surface area contributed by atoms with Gasteiger partial charge in [0.25, 0.3) is 0 Å². The van der Waals surface area contributed by atoms with Gasteiger partial charge in [0.05, 0.1) is 0 Å². The molecule has 0 fully saturated rings. The van der Waals surface area contributed by atoms with Crippen molar-refractivity contribution in [3.05, 3.63) is 60.2 Å². The maximum absolute atomic E-state index is 8.91. The lowest BCUT2D eigenvalue weighted by molar-refractivity contribution is 0.225. The van der Waals surface area contributed by atoms with Crippen LogP contribution in [0.4, 0.5) is 0 Å². The molecule has 0 aromatic heterocycles. The molecule has 0 radical (unpaired) electrons. The Kier molecular flexibility index (Phi) is 5.78. The van der Waals surface area contributed by atoms with Crippen molar-refractivity contribution >= 4 is 0 Å². The van der Waals surface area contributed by atoms with Crippen LogP contribution in [0.25, 0.3) is 11.1 Å². The van der Waals surface area contributed by atoms with E-state index in [0.29, 0.717) is 0 Å². The van der Waals surface area contributed by atoms with E-state index in [1.165, 1.54) is 16.7 Å². The third-order valence-electron chi connectivity index (χ3n) is 3.55. The first-order valence-electron chi connectivity index (χ1n) is 7.31. The summed E-state index contributed by atoms with van der Waals surface area (Å²) in [5.41, 5.74) is 3.84. The highest BCUT2D eigenvalue weighted by molar-refractivity contribution is 5.63. The zero-order chi connectivity index (χ0) is 14.2. The second-order valence-corrected chi connectivity index (χ2v) is 5.01. The van der Waals surface area contributed by atoms with E-state index in [9.17, 15) is 0 Å². The number of benzene rings is 2. The summed E-state index contributed by atoms with van der Waals surface area (Å²) in [6, 6.07) is 19.2. The standard InChI is InChI=1S/C18H23NO/c1-2-19(13-6-14-20)15-16-9-11-18(12-10-16)17-7-4-3-5-8-17/h3-5,7-12,20H,2,6,13-15H2,1H3. The van der Waals surface area contributed by atoms with Gasteiger partial charge in [-0.15, -0.1) is 0 Å². The predicted molar refractivity (Wildman–Crippen MR) is 84.5 cm³/mol. The Labute approximate surface area is 121 Å². The summed E-state index contributed by atoms with van der Waals surface area (Å²) in [6.07, 6.45) is 0.843. The first kappa shape index (κ1) is 14.8. The molecule has 0 spiro atoms. The van der Waals surface area contributed by atoms with E-state index in [1.807, 2.05) is 6.07 Å². The van der Waals surface area contributed by atoms with Crippen LogP contribution in [0.3, 0.4) is 0 Å². The molecule has 2 nitrogen and oxygen atoms in total. The van der Waals surface area contributed by atoms with Crippen molar-refractivity contribution in [3.8, 4) is 11.1 Å². The molecule has 0 saturated heterocycles. The molecular formula is C18H23NO. The summed E-state index contributed by atoms with van der Waals surface area (Å²) in [7, 11) is 0. The van der Waals surface area contributed by atoms with Crippen LogP contribution in [0.2, 0.25) is 0 Å². The van der Waals surface area contributed by atoms with Crippen LogP contribution in [0.5, 0.6) is 0 Å². The lowest BCUT2D eigenvalue weighted by Crippen LogP contribution is -2.24. The van der Waals surface area contributed by atoms with Gasteiger partial charge in [0.15, 0.2) is 0 Å². The summed E-state index contributed by atoms with van der Waals surface area (Å²) < 4.78 is 0. The molecule has 2 heteroatoms. The smallest absolute Gasteiger partial charge is 0.0443 e. The summed E-state index contributed by atoms with van der Waals surface area (Å²) in [5, 5.41) is 8.91. The van der Waals surface area contributed by atoms with E-state index in [2.05, 4.69) is 60.4 Å². The number of hydrogen-bond acceptors (Lipinski definition) is 2. The molecule has 20 heavy (non-hydrogen) atoms. The quantitative estimate of drug-likeness (QED) is 0.831. The van der Waals surface area contributed by atoms with Crippen molar-refractivity contribution in [3.63, 3.8) is 0 Å². The van der Waals surface area contributed by atoms with Crippen LogP contribution >= 0.6 is 0 Å². The molecular weight excluding hydrogens is 246 g/mol. The van der Waals surface area contributed by atoms with Crippen LogP contribution in [-0.4, -0.2) is 29.7 Å². The summed E-state index contributed by atoms with van der Waals surface area (Å²) in [4.78, 5) is 2.35. The SMILES string of the molecule is CCN(CCCO)Cc1ccc(-c2ccccc2)cc1. The Morgan fingerprint density at radius 3 is 2.15 bits per heavy atom. The van der Waals surface area contributed by atoms with E-state index in [0.717, 1.165) is 26.1 Å². The monoisotopic (exact) mass is 269 g/mol. The average molecular weight is 269 g/mol. The normalized spacial score (nSPS) is 10.9. The molecule has 0 aliphatic heterocycles. The van der Waals surface area contributed by atoms with Gasteiger partial charge in [-0.2, -0.15) is 0 Å². The fourth-order valence-electron chi connectivity index (χ4n) is 2.33. The van der Waals surface area contributed by atoms with Crippen LogP contribution in [0, 0.1) is 0 Å². The molecule has 0 aliphatic carbocycles. The fourth-order valence-corrected chi connectivity index (χ4v) is 2.33. The predicted octanol–water partition coefficient (Wildman–Crippen LogP) is 3.56. The van der Waals surface area contributed by atoms with Crippen molar-refractivity contribution in [2.45, 2.75) is 19.9 Å². The fraction of sp³-hybridized carbons (Fsp3) is 0.333. The molecule has 0 aliphatic rings. The van der Waals surface area contributed by atoms with Gasteiger partial charge < -0.3 is 5.11 Å². The minimum atomic E-state index is 0.267. The topological polar surface area (TPSA) is 23.5 Å². The number of aliphatic hydroxyl groups is 1. The van der Waals surface area contributed by atoms with Crippen molar-refractivity contribution in [2.24, 2.45) is 0 Å². The molecule has 0 unspecified atom stereocenters. The summed E-state index contributed by atoms with van der Waals surface area (Å²) >= 11 is 0. The zero-order valence-corrected chi connectivity index (χ0v) is 12.1. The van der Waals surface area contributed by atoms with Crippen LogP contribution in [-0.2, 0) is 6.54 Å². The number of nitrogens with zero attached hydrogens (tertiary/aromatic N) is 1. The van der Waals surface area contributed by atoms with Gasteiger partial charge in [0.1, 0.15) is 0 Å². The summed E-state index contributed by atoms with van der Waals surface area (Å²) in [6.45, 7) is 5.35. The number of aliphatic hydroxyl groups excluding tert-OH is 1. The first-order chi connectivity index (χ1) is 9.83. The highest BCUT2D eigenvalue weighted by Crippen LogP contribution is 2.19. The van der Waals surface area contributed by atoms with Gasteiger partial charge in [-0.25, -0.2) is 0 Å². The Bertz CT molecular complexity index is 493. The maximum atomic E-state index is 8.91. The molecule has 0 amide bonds. The van der Waals surface area contributed by atoms with Gasteiger partial charge in [0, 0.05) is 19.7 Å². The molecule has 2 rings (SSSR count). The van der Waals surface area contributed by atoms with Gasteiger partial charge in [-0.05, 0) is 29.7 Å². The molecule has 0 bridgehead atoms. The van der Waals surface area contributed by atoms with E-state index >= 15 is 0 Å². The van der Waals surface area contributed by atoms with E-state index in [-0.39, 0.29) is 6.61 Å². The van der Waals surface area contributed by atoms with E-state index < -0.39 is 0 Å². The Hall–Kier alpha value is -1.64. The Morgan fingerprint density at radius 2 is 1.55 bits per heavy atom. The van der Waals surface area contributed by atoms with Gasteiger partial charge >= 0.3 is 0 Å². The molecule has 2 aromatic carbocycles. The van der Waals surface area contributed by atoms with Crippen molar-refractivity contribution in [1.82, 2.24) is 4.90 Å². The highest BCUT2D eigenvalue weighted by Gasteiger charge is 2.04. The zero-order valence-electron chi connectivity index (χ0n) is 12.1. The van der Waals surface area contributed by atoms with Gasteiger partial charge in [-0.3, -0.25) is 4.90 Å². The lowest BCUT2D eigenvalue weighted by Gasteiger charge is -2.20. The third-order valence-corrected chi connectivity index (χ3v) is 3.55. The van der Waals surface area contributed by atoms with Crippen LogP contribution < -0.4 is 0 Å². The Morgan fingerprint density at radius 1 is 0.900 bits per heavy atom. The average Bonchev–Trinajstić information content (AvgIpc) is 2.53. The first-order valence-corrected chi connectivity index (χ1v) is 7.31. The third kappa shape index (κ3) is 4.19. The van der Waals surface area contributed by atoms with Gasteiger partial charge in [0.2, 0.25) is 0 Å². The van der Waals surface area contributed by atoms with Gasteiger partial charge in [-0.1, -0.05) is 61.5 Å². The maximum Gasteiger partial charge on any atom is 0.0443 e. The molecule has 0 heterocycles. The largest absolute Gasteiger partial charge is 0.396 e. The van der Waals surface area contributed by atoms with Crippen LogP contribution in [0.15, 0.2) is 54.6 Å². The molecule has 0 atom stereocenters. The molecule has 0 saturated carbocycles. The number of rotatable bonds is 7. The highest BCUT2D eigenvalue weighted by atomic mass is 16.3. The van der Waals surface area contributed by atoms with Crippen LogP contribution in [0.1, 0.15) is 18.9 Å². The van der Waals surface area contributed by atoms with E-state index in [4.69, 9.17) is 5.11 Å². The second-order valence-electron chi connectivity index (χ2n) is 5.01. The van der Waals surface area contributed by atoms with E-state index in [1.54, 1.807) is 0 Å². The molecule has 1 N–H and O–H groups in total. The molecule has 2 aromatic rings. The molecule has 106 valence electrons. The minimum Gasteiger partial charge on any atom is -0.396 e. The van der Waals surface area contributed by atoms with Crippen molar-refractivity contribution in [2.75, 3.05) is 19.7 Å². The Balaban J connectivity index is 2.01. The summed E-state index contributed by atoms with van der Waals surface area (Å²) in [5.74, 6) is 0.